The van der Waals surface area contributed by atoms with Gasteiger partial charge in [0.25, 0.3) is 0 Å². The standard InChI is InChI=1S/C12H17NO5S/c1-3-9-4-6-10(7-5-9)19(16,17)13-8-11(18-2)12(14)15/h4-7,11,13H,3,8H2,1-2H3,(H,14,15). The molecule has 106 valence electrons. The van der Waals surface area contributed by atoms with Gasteiger partial charge in [-0.1, -0.05) is 19.1 Å². The van der Waals surface area contributed by atoms with E-state index < -0.39 is 22.1 Å². The highest BCUT2D eigenvalue weighted by Gasteiger charge is 2.21. The summed E-state index contributed by atoms with van der Waals surface area (Å²) in [4.78, 5) is 10.8. The molecule has 0 spiro atoms. The topological polar surface area (TPSA) is 92.7 Å². The van der Waals surface area contributed by atoms with Gasteiger partial charge in [-0.2, -0.15) is 0 Å². The second kappa shape index (κ2) is 6.65. The van der Waals surface area contributed by atoms with Gasteiger partial charge >= 0.3 is 5.97 Å². The summed E-state index contributed by atoms with van der Waals surface area (Å²) in [5.74, 6) is -1.22. The summed E-state index contributed by atoms with van der Waals surface area (Å²) in [6.07, 6.45) is -0.386. The number of aryl methyl sites for hydroxylation is 1. The van der Waals surface area contributed by atoms with Gasteiger partial charge in [-0.15, -0.1) is 0 Å². The minimum atomic E-state index is -3.72. The molecule has 2 N–H and O–H groups in total. The van der Waals surface area contributed by atoms with Gasteiger partial charge in [0, 0.05) is 13.7 Å². The molecule has 6 nitrogen and oxygen atoms in total. The van der Waals surface area contributed by atoms with Crippen LogP contribution in [0.2, 0.25) is 0 Å². The van der Waals surface area contributed by atoms with Crippen molar-refractivity contribution in [1.82, 2.24) is 4.72 Å². The van der Waals surface area contributed by atoms with Crippen LogP contribution in [0, 0.1) is 0 Å². The molecule has 0 aliphatic carbocycles. The lowest BCUT2D eigenvalue weighted by molar-refractivity contribution is -0.147. The van der Waals surface area contributed by atoms with Gasteiger partial charge in [-0.25, -0.2) is 17.9 Å². The molecule has 1 atom stereocenters. The molecule has 0 amide bonds. The molecular formula is C12H17NO5S. The van der Waals surface area contributed by atoms with E-state index in [9.17, 15) is 13.2 Å². The van der Waals surface area contributed by atoms with Crippen molar-refractivity contribution in [1.29, 1.82) is 0 Å². The van der Waals surface area contributed by atoms with Gasteiger partial charge in [0.2, 0.25) is 10.0 Å². The number of carboxylic acid groups (broad SMARTS) is 1. The SMILES string of the molecule is CCc1ccc(S(=O)(=O)NCC(OC)C(=O)O)cc1. The highest BCUT2D eigenvalue weighted by Crippen LogP contribution is 2.11. The highest BCUT2D eigenvalue weighted by atomic mass is 32.2. The highest BCUT2D eigenvalue weighted by molar-refractivity contribution is 7.89. The number of benzene rings is 1. The van der Waals surface area contributed by atoms with Gasteiger partial charge in [-0.3, -0.25) is 0 Å². The number of sulfonamides is 1. The van der Waals surface area contributed by atoms with Gasteiger partial charge < -0.3 is 9.84 Å². The maximum Gasteiger partial charge on any atom is 0.334 e. The second-order valence-corrected chi connectivity index (χ2v) is 5.68. The fraction of sp³-hybridized carbons (Fsp3) is 0.417. The van der Waals surface area contributed by atoms with Crippen LogP contribution in [-0.4, -0.2) is 39.3 Å². The van der Waals surface area contributed by atoms with E-state index >= 15 is 0 Å². The molecule has 19 heavy (non-hydrogen) atoms. The van der Waals surface area contributed by atoms with E-state index in [0.29, 0.717) is 0 Å². The summed E-state index contributed by atoms with van der Waals surface area (Å²) in [6, 6.07) is 6.42. The molecule has 1 aromatic carbocycles. The molecule has 1 rings (SSSR count). The number of ether oxygens (including phenoxy) is 1. The molecule has 0 saturated heterocycles. The van der Waals surface area contributed by atoms with Crippen LogP contribution in [0.25, 0.3) is 0 Å². The van der Waals surface area contributed by atoms with Crippen LogP contribution >= 0.6 is 0 Å². The Bertz CT molecular complexity index is 524. The smallest absolute Gasteiger partial charge is 0.334 e. The van der Waals surface area contributed by atoms with Crippen molar-refractivity contribution in [3.8, 4) is 0 Å². The number of carbonyl (C=O) groups is 1. The van der Waals surface area contributed by atoms with E-state index in [1.54, 1.807) is 12.1 Å². The van der Waals surface area contributed by atoms with Crippen LogP contribution in [0.1, 0.15) is 12.5 Å². The fourth-order valence-electron chi connectivity index (χ4n) is 1.44. The van der Waals surface area contributed by atoms with E-state index in [2.05, 4.69) is 9.46 Å². The van der Waals surface area contributed by atoms with E-state index in [1.807, 2.05) is 6.92 Å². The van der Waals surface area contributed by atoms with E-state index in [0.717, 1.165) is 12.0 Å². The van der Waals surface area contributed by atoms with Gasteiger partial charge in [0.05, 0.1) is 4.90 Å². The summed E-state index contributed by atoms with van der Waals surface area (Å²) in [5, 5.41) is 8.75. The Morgan fingerprint density at radius 1 is 1.37 bits per heavy atom. The average molecular weight is 287 g/mol. The van der Waals surface area contributed by atoms with Crippen LogP contribution in [0.5, 0.6) is 0 Å². The van der Waals surface area contributed by atoms with Gasteiger partial charge in [-0.05, 0) is 24.1 Å². The van der Waals surface area contributed by atoms with Crippen molar-refractivity contribution in [3.63, 3.8) is 0 Å². The first-order valence-corrected chi connectivity index (χ1v) is 7.23. The number of rotatable bonds is 7. The third-order valence-corrected chi connectivity index (χ3v) is 4.10. The molecule has 0 aliphatic heterocycles. The predicted molar refractivity (Wildman–Crippen MR) is 69.4 cm³/mol. The van der Waals surface area contributed by atoms with E-state index in [4.69, 9.17) is 5.11 Å². The molecule has 0 aromatic heterocycles. The van der Waals surface area contributed by atoms with Crippen molar-refractivity contribution in [2.24, 2.45) is 0 Å². The number of aliphatic carboxylic acids is 1. The molecule has 0 bridgehead atoms. The number of nitrogens with one attached hydrogen (secondary N) is 1. The molecule has 1 aromatic rings. The molecular weight excluding hydrogens is 270 g/mol. The normalized spacial score (nSPS) is 13.2. The van der Waals surface area contributed by atoms with Crippen LogP contribution in [0.3, 0.4) is 0 Å². The van der Waals surface area contributed by atoms with Gasteiger partial charge in [0.15, 0.2) is 6.10 Å². The van der Waals surface area contributed by atoms with Crippen molar-refractivity contribution in [2.75, 3.05) is 13.7 Å². The molecule has 0 aliphatic rings. The summed E-state index contributed by atoms with van der Waals surface area (Å²) in [5.41, 5.74) is 1.03. The number of methoxy groups -OCH3 is 1. The quantitative estimate of drug-likeness (QED) is 0.767. The molecule has 0 saturated carbocycles. The van der Waals surface area contributed by atoms with Crippen LogP contribution in [0.15, 0.2) is 29.2 Å². The maximum atomic E-state index is 11.9. The first kappa shape index (κ1) is 15.6. The van der Waals surface area contributed by atoms with E-state index in [1.165, 1.54) is 19.2 Å². The molecule has 0 heterocycles. The summed E-state index contributed by atoms with van der Waals surface area (Å²) >= 11 is 0. The first-order chi connectivity index (χ1) is 8.90. The van der Waals surface area contributed by atoms with Crippen LogP contribution in [0.4, 0.5) is 0 Å². The van der Waals surface area contributed by atoms with Crippen molar-refractivity contribution >= 4 is 16.0 Å². The zero-order chi connectivity index (χ0) is 14.5. The number of carboxylic acids is 1. The lowest BCUT2D eigenvalue weighted by Gasteiger charge is -2.12. The van der Waals surface area contributed by atoms with Crippen LogP contribution in [-0.2, 0) is 26.0 Å². The molecule has 0 radical (unpaired) electrons. The summed E-state index contributed by atoms with van der Waals surface area (Å²) < 4.78 is 30.7. The summed E-state index contributed by atoms with van der Waals surface area (Å²) in [6.45, 7) is 1.65. The van der Waals surface area contributed by atoms with Crippen molar-refractivity contribution < 1.29 is 23.1 Å². The largest absolute Gasteiger partial charge is 0.479 e. The lowest BCUT2D eigenvalue weighted by atomic mass is 10.2. The maximum absolute atomic E-state index is 11.9. The molecule has 1 unspecified atom stereocenters. The Morgan fingerprint density at radius 3 is 2.37 bits per heavy atom. The Kier molecular flexibility index (Phi) is 5.46. The Morgan fingerprint density at radius 2 is 1.95 bits per heavy atom. The predicted octanol–water partition coefficient (Wildman–Crippen LogP) is 0.627. The zero-order valence-corrected chi connectivity index (χ0v) is 11.6. The average Bonchev–Trinajstić information content (AvgIpc) is 2.39. The minimum Gasteiger partial charge on any atom is -0.479 e. The fourth-order valence-corrected chi connectivity index (χ4v) is 2.48. The third-order valence-electron chi connectivity index (χ3n) is 2.66. The number of hydrogen-bond donors (Lipinski definition) is 2. The lowest BCUT2D eigenvalue weighted by Crippen LogP contribution is -2.37. The molecule has 0 fully saturated rings. The second-order valence-electron chi connectivity index (χ2n) is 3.91. The summed E-state index contributed by atoms with van der Waals surface area (Å²) in [7, 11) is -2.51. The van der Waals surface area contributed by atoms with Gasteiger partial charge in [0.1, 0.15) is 0 Å². The van der Waals surface area contributed by atoms with Crippen LogP contribution < -0.4 is 4.72 Å². The minimum absolute atomic E-state index is 0.102. The Labute approximate surface area is 112 Å². The zero-order valence-electron chi connectivity index (χ0n) is 10.8. The van der Waals surface area contributed by atoms with Crippen molar-refractivity contribution in [2.45, 2.75) is 24.3 Å². The number of hydrogen-bond acceptors (Lipinski definition) is 4. The van der Waals surface area contributed by atoms with Crippen molar-refractivity contribution in [3.05, 3.63) is 29.8 Å². The first-order valence-electron chi connectivity index (χ1n) is 5.75. The monoisotopic (exact) mass is 287 g/mol. The Balaban J connectivity index is 2.77. The Hall–Kier alpha value is -1.44. The van der Waals surface area contributed by atoms with E-state index in [-0.39, 0.29) is 11.4 Å². The third kappa shape index (κ3) is 4.30. The molecule has 7 heteroatoms.